The van der Waals surface area contributed by atoms with E-state index in [4.69, 9.17) is 25.4 Å². The number of benzene rings is 3. The van der Waals surface area contributed by atoms with Crippen LogP contribution in [-0.4, -0.2) is 108 Å². The van der Waals surface area contributed by atoms with Gasteiger partial charge < -0.3 is 29.2 Å². The van der Waals surface area contributed by atoms with E-state index < -0.39 is 15.9 Å². The predicted molar refractivity (Wildman–Crippen MR) is 185 cm³/mol. The van der Waals surface area contributed by atoms with Crippen LogP contribution in [0.2, 0.25) is 0 Å². The number of hydrogen-bond donors (Lipinski definition) is 2. The fraction of sp³-hybridized carbons (Fsp3) is 0.382. The van der Waals surface area contributed by atoms with Crippen molar-refractivity contribution in [3.8, 4) is 29.5 Å². The van der Waals surface area contributed by atoms with Gasteiger partial charge in [0.05, 0.1) is 31.3 Å². The molecule has 260 valence electrons. The topological polar surface area (TPSA) is 167 Å². The summed E-state index contributed by atoms with van der Waals surface area (Å²) < 4.78 is 50.6. The van der Waals surface area contributed by atoms with Crippen molar-refractivity contribution in [1.82, 2.24) is 30.4 Å². The van der Waals surface area contributed by atoms with Crippen LogP contribution in [0, 0.1) is 12.3 Å². The summed E-state index contributed by atoms with van der Waals surface area (Å²) in [5.41, 5.74) is 1.63. The molecule has 1 aromatic heterocycles. The predicted octanol–water partition coefficient (Wildman–Crippen LogP) is 2.70. The minimum atomic E-state index is -3.68. The van der Waals surface area contributed by atoms with Gasteiger partial charge in [0.1, 0.15) is 12.4 Å². The first-order valence-corrected chi connectivity index (χ1v) is 17.2. The van der Waals surface area contributed by atoms with Gasteiger partial charge in [0.25, 0.3) is 11.7 Å². The van der Waals surface area contributed by atoms with Crippen molar-refractivity contribution < 1.29 is 32.2 Å². The third-order valence-corrected chi connectivity index (χ3v) is 8.52. The molecule has 0 fully saturated rings. The van der Waals surface area contributed by atoms with E-state index in [0.29, 0.717) is 75.7 Å². The lowest BCUT2D eigenvalue weighted by Crippen LogP contribution is -2.28. The van der Waals surface area contributed by atoms with E-state index in [-0.39, 0.29) is 29.7 Å². The number of anilines is 1. The van der Waals surface area contributed by atoms with Crippen molar-refractivity contribution in [3.05, 3.63) is 66.5 Å². The highest BCUT2D eigenvalue weighted by atomic mass is 32.2. The highest BCUT2D eigenvalue weighted by molar-refractivity contribution is 7.89. The summed E-state index contributed by atoms with van der Waals surface area (Å²) in [4.78, 5) is 14.5. The Balaban J connectivity index is 0.993. The largest absolute Gasteiger partial charge is 0.481 e. The number of fused-ring (bicyclic) bond motifs is 1. The molecule has 1 amide bonds. The SMILES string of the molecule is C#CCOc1ccc(-c2nnc(C(=O)NCCCOCCOCCOCCCNS(=O)(=O)c3cccc4c(N(C)C)cccc34)nn2)cc1. The summed E-state index contributed by atoms with van der Waals surface area (Å²) >= 11 is 0. The maximum absolute atomic E-state index is 13.0. The van der Waals surface area contributed by atoms with Crippen molar-refractivity contribution in [1.29, 1.82) is 0 Å². The molecule has 0 aliphatic rings. The number of sulfonamides is 1. The fourth-order valence-corrected chi connectivity index (χ4v) is 5.90. The Hall–Kier alpha value is -4.72. The number of terminal acetylenes is 1. The van der Waals surface area contributed by atoms with Gasteiger partial charge in [0.2, 0.25) is 15.8 Å². The number of amides is 1. The first-order chi connectivity index (χ1) is 23.8. The van der Waals surface area contributed by atoms with Crippen molar-refractivity contribution in [3.63, 3.8) is 0 Å². The molecule has 0 atom stereocenters. The molecule has 1 heterocycles. The first-order valence-electron chi connectivity index (χ1n) is 15.7. The van der Waals surface area contributed by atoms with Gasteiger partial charge in [-0.1, -0.05) is 30.2 Å². The number of ether oxygens (including phenoxy) is 4. The van der Waals surface area contributed by atoms with Gasteiger partial charge in [-0.05, 0) is 49.2 Å². The smallest absolute Gasteiger partial charge is 0.292 e. The molecular formula is C34H41N7O7S. The summed E-state index contributed by atoms with van der Waals surface area (Å²) in [6, 6.07) is 17.9. The molecule has 49 heavy (non-hydrogen) atoms. The number of aromatic nitrogens is 4. The maximum Gasteiger partial charge on any atom is 0.292 e. The molecule has 0 bridgehead atoms. The third kappa shape index (κ3) is 11.4. The van der Waals surface area contributed by atoms with Crippen LogP contribution in [0.15, 0.2) is 65.6 Å². The van der Waals surface area contributed by atoms with Crippen LogP contribution in [0.4, 0.5) is 5.69 Å². The summed E-state index contributed by atoms with van der Waals surface area (Å²) in [5.74, 6) is 2.69. The van der Waals surface area contributed by atoms with Gasteiger partial charge in [-0.25, -0.2) is 13.1 Å². The van der Waals surface area contributed by atoms with Gasteiger partial charge >= 0.3 is 0 Å². The second-order valence-electron chi connectivity index (χ2n) is 10.8. The van der Waals surface area contributed by atoms with E-state index in [1.807, 2.05) is 43.3 Å². The van der Waals surface area contributed by atoms with Crippen LogP contribution in [0.5, 0.6) is 5.75 Å². The summed E-state index contributed by atoms with van der Waals surface area (Å²) in [6.07, 6.45) is 6.30. The van der Waals surface area contributed by atoms with Crippen LogP contribution >= 0.6 is 0 Å². The number of nitrogens with one attached hydrogen (secondary N) is 2. The van der Waals surface area contributed by atoms with Gasteiger partial charge in [-0.15, -0.1) is 26.8 Å². The normalized spacial score (nSPS) is 11.3. The van der Waals surface area contributed by atoms with Crippen LogP contribution in [0.25, 0.3) is 22.2 Å². The number of nitrogens with zero attached hydrogens (tertiary/aromatic N) is 5. The quantitative estimate of drug-likeness (QED) is 0.0971. The summed E-state index contributed by atoms with van der Waals surface area (Å²) in [7, 11) is 0.180. The summed E-state index contributed by atoms with van der Waals surface area (Å²) in [6.45, 7) is 3.20. The lowest BCUT2D eigenvalue weighted by atomic mass is 10.1. The molecule has 14 nitrogen and oxygen atoms in total. The zero-order valence-corrected chi connectivity index (χ0v) is 28.4. The highest BCUT2D eigenvalue weighted by Crippen LogP contribution is 2.30. The number of carbonyl (C=O) groups excluding carboxylic acids is 1. The molecule has 0 unspecified atom stereocenters. The second-order valence-corrected chi connectivity index (χ2v) is 12.5. The van der Waals surface area contributed by atoms with Crippen LogP contribution in [0.3, 0.4) is 0 Å². The van der Waals surface area contributed by atoms with Gasteiger partial charge in [0, 0.05) is 62.4 Å². The van der Waals surface area contributed by atoms with E-state index in [9.17, 15) is 13.2 Å². The van der Waals surface area contributed by atoms with E-state index in [1.165, 1.54) is 0 Å². The molecule has 4 rings (SSSR count). The van der Waals surface area contributed by atoms with Crippen molar-refractivity contribution in [2.75, 3.05) is 78.3 Å². The Labute approximate surface area is 286 Å². The van der Waals surface area contributed by atoms with Crippen molar-refractivity contribution >= 4 is 32.4 Å². The Kier molecular flexibility index (Phi) is 14.6. The average molecular weight is 692 g/mol. The molecule has 15 heteroatoms. The molecule has 3 aromatic carbocycles. The standard InChI is InChI=1S/C34H41N7O7S/c1-4-19-48-27-15-13-26(14-16-27)32-37-39-33(40-38-32)34(42)35-17-7-20-45-22-24-47-25-23-46-21-8-18-36-49(43,44)31-12-6-9-28-29(31)10-5-11-30(28)41(2)3/h1,5-6,9-16,36H,7-8,17-25H2,2-3H3,(H,35,42). The molecule has 0 spiro atoms. The minimum Gasteiger partial charge on any atom is -0.481 e. The molecule has 4 aromatic rings. The lowest BCUT2D eigenvalue weighted by Gasteiger charge is -2.17. The molecule has 0 aliphatic heterocycles. The van der Waals surface area contributed by atoms with E-state index >= 15 is 0 Å². The third-order valence-electron chi connectivity index (χ3n) is 7.00. The summed E-state index contributed by atoms with van der Waals surface area (Å²) in [5, 5.41) is 20.0. The van der Waals surface area contributed by atoms with Gasteiger partial charge in [0.15, 0.2) is 0 Å². The monoisotopic (exact) mass is 691 g/mol. The molecule has 0 saturated heterocycles. The zero-order chi connectivity index (χ0) is 34.9. The number of carbonyl (C=O) groups is 1. The molecule has 0 aliphatic carbocycles. The van der Waals surface area contributed by atoms with E-state index in [1.54, 1.807) is 36.4 Å². The maximum atomic E-state index is 13.0. The number of rotatable bonds is 21. The second kappa shape index (κ2) is 19.3. The molecule has 0 radical (unpaired) electrons. The molecule has 0 saturated carbocycles. The van der Waals surface area contributed by atoms with Crippen molar-refractivity contribution in [2.45, 2.75) is 17.7 Å². The minimum absolute atomic E-state index is 0.129. The van der Waals surface area contributed by atoms with E-state index in [2.05, 4.69) is 36.4 Å². The Morgan fingerprint density at radius 2 is 1.41 bits per heavy atom. The van der Waals surface area contributed by atoms with Crippen LogP contribution in [0.1, 0.15) is 23.5 Å². The Morgan fingerprint density at radius 1 is 0.796 bits per heavy atom. The Morgan fingerprint density at radius 3 is 2.06 bits per heavy atom. The fourth-order valence-electron chi connectivity index (χ4n) is 4.61. The highest BCUT2D eigenvalue weighted by Gasteiger charge is 2.18. The first kappa shape index (κ1) is 37.1. The average Bonchev–Trinajstić information content (AvgIpc) is 3.11. The van der Waals surface area contributed by atoms with Crippen molar-refractivity contribution in [2.24, 2.45) is 0 Å². The molecule has 2 N–H and O–H groups in total. The zero-order valence-electron chi connectivity index (χ0n) is 27.6. The number of hydrogen-bond acceptors (Lipinski definition) is 12. The van der Waals surface area contributed by atoms with Gasteiger partial charge in [-0.2, -0.15) is 0 Å². The van der Waals surface area contributed by atoms with E-state index in [0.717, 1.165) is 11.1 Å². The van der Waals surface area contributed by atoms with Crippen LogP contribution in [-0.2, 0) is 24.2 Å². The van der Waals surface area contributed by atoms with Gasteiger partial charge in [-0.3, -0.25) is 4.79 Å². The van der Waals surface area contributed by atoms with Crippen LogP contribution < -0.4 is 19.7 Å². The molecular weight excluding hydrogens is 650 g/mol. The lowest BCUT2D eigenvalue weighted by molar-refractivity contribution is 0.0140. The Bertz CT molecular complexity index is 1780.